The third kappa shape index (κ3) is 3.96. The van der Waals surface area contributed by atoms with E-state index in [1.165, 1.54) is 23.5 Å². The van der Waals surface area contributed by atoms with Crippen molar-refractivity contribution in [1.29, 1.82) is 0 Å². The number of anilines is 1. The molecule has 134 valence electrons. The minimum atomic E-state index is -0.297. The molecule has 4 rings (SSSR count). The van der Waals surface area contributed by atoms with Crippen LogP contribution in [0.15, 0.2) is 72.8 Å². The van der Waals surface area contributed by atoms with E-state index in [-0.39, 0.29) is 18.3 Å². The molecule has 4 nitrogen and oxygen atoms in total. The number of nitrogens with zero attached hydrogens (tertiary/aromatic N) is 1. The fourth-order valence-electron chi connectivity index (χ4n) is 2.61. The average Bonchev–Trinajstić information content (AvgIpc) is 3.10. The second kappa shape index (κ2) is 7.55. The van der Waals surface area contributed by atoms with Gasteiger partial charge in [-0.1, -0.05) is 47.7 Å². The first kappa shape index (κ1) is 17.2. The number of benzene rings is 3. The van der Waals surface area contributed by atoms with Crippen molar-refractivity contribution in [2.45, 2.75) is 6.61 Å². The van der Waals surface area contributed by atoms with Crippen LogP contribution in [0.1, 0.15) is 15.9 Å². The number of hydrogen-bond donors (Lipinski definition) is 1. The third-order valence-corrected chi connectivity index (χ3v) is 4.91. The van der Waals surface area contributed by atoms with Gasteiger partial charge < -0.3 is 4.74 Å². The monoisotopic (exact) mass is 378 g/mol. The Bertz CT molecular complexity index is 1060. The maximum absolute atomic E-state index is 13.0. The normalized spacial score (nSPS) is 10.7. The summed E-state index contributed by atoms with van der Waals surface area (Å²) >= 11 is 1.42. The van der Waals surface area contributed by atoms with Gasteiger partial charge in [-0.2, -0.15) is 0 Å². The van der Waals surface area contributed by atoms with Crippen molar-refractivity contribution in [3.63, 3.8) is 0 Å². The van der Waals surface area contributed by atoms with E-state index in [0.29, 0.717) is 16.4 Å². The number of rotatable bonds is 5. The molecule has 0 unspecified atom stereocenters. The quantitative estimate of drug-likeness (QED) is 0.515. The molecule has 0 bridgehead atoms. The summed E-state index contributed by atoms with van der Waals surface area (Å²) in [6.45, 7) is 0.242. The SMILES string of the molecule is O=C(Nc1nc2ccccc2s1)c1ccccc1OCc1ccc(F)cc1. The highest BCUT2D eigenvalue weighted by Crippen LogP contribution is 2.27. The molecule has 0 aliphatic carbocycles. The second-order valence-corrected chi connectivity index (χ2v) is 6.88. The van der Waals surface area contributed by atoms with Gasteiger partial charge in [-0.05, 0) is 42.0 Å². The first-order chi connectivity index (χ1) is 13.2. The highest BCUT2D eigenvalue weighted by molar-refractivity contribution is 7.22. The number of thiazole rings is 1. The minimum absolute atomic E-state index is 0.242. The lowest BCUT2D eigenvalue weighted by molar-refractivity contribution is 0.102. The van der Waals surface area contributed by atoms with Gasteiger partial charge in [0, 0.05) is 0 Å². The molecule has 0 saturated carbocycles. The largest absolute Gasteiger partial charge is 0.488 e. The van der Waals surface area contributed by atoms with Crippen molar-refractivity contribution in [3.05, 3.63) is 89.7 Å². The molecule has 0 atom stereocenters. The maximum Gasteiger partial charge on any atom is 0.261 e. The number of hydrogen-bond acceptors (Lipinski definition) is 4. The fourth-order valence-corrected chi connectivity index (χ4v) is 3.47. The van der Waals surface area contributed by atoms with E-state index in [9.17, 15) is 9.18 Å². The number of carbonyl (C=O) groups excluding carboxylic acids is 1. The van der Waals surface area contributed by atoms with Crippen molar-refractivity contribution in [3.8, 4) is 5.75 Å². The Kier molecular flexibility index (Phi) is 4.80. The molecule has 0 aliphatic heterocycles. The van der Waals surface area contributed by atoms with E-state index in [1.807, 2.05) is 24.3 Å². The summed E-state index contributed by atoms with van der Waals surface area (Å²) in [5, 5.41) is 3.37. The predicted octanol–water partition coefficient (Wildman–Crippen LogP) is 5.27. The Morgan fingerprint density at radius 1 is 1.00 bits per heavy atom. The van der Waals surface area contributed by atoms with Crippen LogP contribution < -0.4 is 10.1 Å². The molecule has 6 heteroatoms. The summed E-state index contributed by atoms with van der Waals surface area (Å²) in [5.74, 6) is -0.126. The molecule has 1 heterocycles. The molecule has 0 saturated heterocycles. The van der Waals surface area contributed by atoms with Gasteiger partial charge in [0.15, 0.2) is 5.13 Å². The number of aromatic nitrogens is 1. The van der Waals surface area contributed by atoms with Crippen LogP contribution in [0.2, 0.25) is 0 Å². The van der Waals surface area contributed by atoms with Gasteiger partial charge >= 0.3 is 0 Å². The van der Waals surface area contributed by atoms with Gasteiger partial charge in [-0.25, -0.2) is 9.37 Å². The van der Waals surface area contributed by atoms with Gasteiger partial charge in [0.2, 0.25) is 0 Å². The molecule has 0 radical (unpaired) electrons. The zero-order chi connectivity index (χ0) is 18.6. The summed E-state index contributed by atoms with van der Waals surface area (Å²) in [4.78, 5) is 17.1. The van der Waals surface area contributed by atoms with E-state index in [0.717, 1.165) is 15.8 Å². The van der Waals surface area contributed by atoms with Gasteiger partial charge in [0.1, 0.15) is 18.2 Å². The Morgan fingerprint density at radius 3 is 2.56 bits per heavy atom. The first-order valence-corrected chi connectivity index (χ1v) is 9.14. The van der Waals surface area contributed by atoms with Crippen molar-refractivity contribution < 1.29 is 13.9 Å². The first-order valence-electron chi connectivity index (χ1n) is 8.32. The van der Waals surface area contributed by atoms with Crippen molar-refractivity contribution in [1.82, 2.24) is 4.98 Å². The number of fused-ring (bicyclic) bond motifs is 1. The average molecular weight is 378 g/mol. The lowest BCUT2D eigenvalue weighted by atomic mass is 10.2. The zero-order valence-electron chi connectivity index (χ0n) is 14.2. The fraction of sp³-hybridized carbons (Fsp3) is 0.0476. The Hall–Kier alpha value is -3.25. The van der Waals surface area contributed by atoms with E-state index in [1.54, 1.807) is 36.4 Å². The molecule has 0 aliphatic rings. The van der Waals surface area contributed by atoms with Crippen molar-refractivity contribution >= 4 is 32.6 Å². The van der Waals surface area contributed by atoms with Crippen LogP contribution in [0.5, 0.6) is 5.75 Å². The minimum Gasteiger partial charge on any atom is -0.488 e. The number of ether oxygens (including phenoxy) is 1. The lowest BCUT2D eigenvalue weighted by Gasteiger charge is -2.11. The summed E-state index contributed by atoms with van der Waals surface area (Å²) < 4.78 is 19.8. The van der Waals surface area contributed by atoms with E-state index in [2.05, 4.69) is 10.3 Å². The van der Waals surface area contributed by atoms with Crippen LogP contribution in [0.4, 0.5) is 9.52 Å². The van der Waals surface area contributed by atoms with Crippen molar-refractivity contribution in [2.75, 3.05) is 5.32 Å². The van der Waals surface area contributed by atoms with E-state index in [4.69, 9.17) is 4.74 Å². The van der Waals surface area contributed by atoms with Crippen LogP contribution in [0, 0.1) is 5.82 Å². The van der Waals surface area contributed by atoms with Gasteiger partial charge in [0.05, 0.1) is 15.8 Å². The second-order valence-electron chi connectivity index (χ2n) is 5.85. The van der Waals surface area contributed by atoms with Crippen LogP contribution in [-0.4, -0.2) is 10.9 Å². The Labute approximate surface area is 159 Å². The van der Waals surface area contributed by atoms with Crippen LogP contribution in [-0.2, 0) is 6.61 Å². The highest BCUT2D eigenvalue weighted by atomic mass is 32.1. The topological polar surface area (TPSA) is 51.2 Å². The number of carbonyl (C=O) groups is 1. The Morgan fingerprint density at radius 2 is 1.74 bits per heavy atom. The van der Waals surface area contributed by atoms with Gasteiger partial charge in [0.25, 0.3) is 5.91 Å². The number of amides is 1. The van der Waals surface area contributed by atoms with Crippen LogP contribution in [0.3, 0.4) is 0 Å². The molecule has 0 fully saturated rings. The number of halogens is 1. The summed E-state index contributed by atoms with van der Waals surface area (Å²) in [5.41, 5.74) is 2.08. The molecule has 3 aromatic carbocycles. The molecule has 4 aromatic rings. The van der Waals surface area contributed by atoms with Crippen molar-refractivity contribution in [2.24, 2.45) is 0 Å². The lowest BCUT2D eigenvalue weighted by Crippen LogP contribution is -2.13. The number of para-hydroxylation sites is 2. The molecular formula is C21H15FN2O2S. The molecule has 0 spiro atoms. The van der Waals surface area contributed by atoms with E-state index >= 15 is 0 Å². The predicted molar refractivity (Wildman–Crippen MR) is 105 cm³/mol. The van der Waals surface area contributed by atoms with Gasteiger partial charge in [-0.15, -0.1) is 0 Å². The Balaban J connectivity index is 1.50. The molecule has 1 aromatic heterocycles. The number of nitrogens with one attached hydrogen (secondary N) is 1. The standard InChI is InChI=1S/C21H15FN2O2S/c22-15-11-9-14(10-12-15)13-26-18-7-3-1-5-16(18)20(25)24-21-23-17-6-2-4-8-19(17)27-21/h1-12H,13H2,(H,23,24,25). The molecular weight excluding hydrogens is 363 g/mol. The van der Waals surface area contributed by atoms with E-state index < -0.39 is 0 Å². The smallest absolute Gasteiger partial charge is 0.261 e. The summed E-state index contributed by atoms with van der Waals surface area (Å²) in [6.07, 6.45) is 0. The molecule has 1 N–H and O–H groups in total. The summed E-state index contributed by atoms with van der Waals surface area (Å²) in [6, 6.07) is 20.8. The van der Waals surface area contributed by atoms with Crippen LogP contribution >= 0.6 is 11.3 Å². The van der Waals surface area contributed by atoms with Crippen LogP contribution in [0.25, 0.3) is 10.2 Å². The maximum atomic E-state index is 13.0. The molecule has 1 amide bonds. The molecule has 27 heavy (non-hydrogen) atoms. The zero-order valence-corrected chi connectivity index (χ0v) is 15.0. The third-order valence-electron chi connectivity index (χ3n) is 3.95. The summed E-state index contributed by atoms with van der Waals surface area (Å²) in [7, 11) is 0. The van der Waals surface area contributed by atoms with Gasteiger partial charge in [-0.3, -0.25) is 10.1 Å². The highest BCUT2D eigenvalue weighted by Gasteiger charge is 2.14.